The lowest BCUT2D eigenvalue weighted by Crippen LogP contribution is -2.23. The van der Waals surface area contributed by atoms with Crippen LogP contribution in [0.25, 0.3) is 11.0 Å². The highest BCUT2D eigenvalue weighted by Crippen LogP contribution is 2.48. The second-order valence-electron chi connectivity index (χ2n) is 6.65. The third-order valence-corrected chi connectivity index (χ3v) is 5.22. The molecule has 2 saturated carbocycles. The highest BCUT2D eigenvalue weighted by atomic mass is 14.9. The minimum atomic E-state index is 0.390. The largest absolute Gasteiger partial charge is 0.342 e. The van der Waals surface area contributed by atoms with Crippen molar-refractivity contribution in [2.24, 2.45) is 0 Å². The number of nitrogens with zero attached hydrogens (tertiary/aromatic N) is 1. The summed E-state index contributed by atoms with van der Waals surface area (Å²) in [5.74, 6) is 1.88. The van der Waals surface area contributed by atoms with Gasteiger partial charge < -0.3 is 10.3 Å². The van der Waals surface area contributed by atoms with Gasteiger partial charge >= 0.3 is 0 Å². The smallest absolute Gasteiger partial charge is 0.110 e. The molecule has 2 fully saturated rings. The molecule has 1 heterocycles. The molecule has 2 N–H and O–H groups in total. The van der Waals surface area contributed by atoms with Crippen molar-refractivity contribution >= 4 is 11.0 Å². The van der Waals surface area contributed by atoms with Crippen LogP contribution in [0.5, 0.6) is 0 Å². The Labute approximate surface area is 120 Å². The van der Waals surface area contributed by atoms with Gasteiger partial charge in [-0.3, -0.25) is 0 Å². The summed E-state index contributed by atoms with van der Waals surface area (Å²) in [7, 11) is 2.05. The molecule has 0 atom stereocenters. The fraction of sp³-hybridized carbons (Fsp3) is 0.588. The zero-order valence-corrected chi connectivity index (χ0v) is 12.2. The summed E-state index contributed by atoms with van der Waals surface area (Å²) in [5, 5.41) is 3.34. The van der Waals surface area contributed by atoms with Crippen molar-refractivity contribution < 1.29 is 0 Å². The number of imidazole rings is 1. The van der Waals surface area contributed by atoms with E-state index in [1.54, 1.807) is 0 Å². The number of aromatic amines is 1. The Kier molecular flexibility index (Phi) is 2.84. The lowest BCUT2D eigenvalue weighted by molar-refractivity contribution is 0.625. The van der Waals surface area contributed by atoms with Gasteiger partial charge in [-0.25, -0.2) is 4.98 Å². The van der Waals surface area contributed by atoms with Crippen molar-refractivity contribution in [3.05, 3.63) is 29.6 Å². The molecule has 3 heteroatoms. The van der Waals surface area contributed by atoms with Crippen LogP contribution in [0.3, 0.4) is 0 Å². The molecule has 0 amide bonds. The molecule has 0 spiro atoms. The fourth-order valence-electron chi connectivity index (χ4n) is 3.81. The van der Waals surface area contributed by atoms with Gasteiger partial charge in [0.05, 0.1) is 11.0 Å². The maximum atomic E-state index is 4.81. The first kappa shape index (κ1) is 12.4. The molecule has 0 bridgehead atoms. The number of hydrogen-bond acceptors (Lipinski definition) is 2. The van der Waals surface area contributed by atoms with E-state index in [1.165, 1.54) is 55.4 Å². The van der Waals surface area contributed by atoms with Crippen molar-refractivity contribution in [2.45, 2.75) is 49.9 Å². The van der Waals surface area contributed by atoms with Crippen molar-refractivity contribution in [1.29, 1.82) is 0 Å². The van der Waals surface area contributed by atoms with Gasteiger partial charge in [-0.1, -0.05) is 18.9 Å². The number of benzene rings is 1. The van der Waals surface area contributed by atoms with Crippen molar-refractivity contribution in [3.63, 3.8) is 0 Å². The summed E-state index contributed by atoms with van der Waals surface area (Å²) < 4.78 is 0. The predicted octanol–water partition coefficient (Wildman–Crippen LogP) is 3.47. The van der Waals surface area contributed by atoms with E-state index in [-0.39, 0.29) is 0 Å². The SMILES string of the molecule is CNCC1(c2ccc3nc(C4CCCC4)[nH]c3c2)CC1. The summed E-state index contributed by atoms with van der Waals surface area (Å²) in [5.41, 5.74) is 4.23. The van der Waals surface area contributed by atoms with Crippen LogP contribution in [0.15, 0.2) is 18.2 Å². The molecule has 2 aliphatic rings. The highest BCUT2D eigenvalue weighted by Gasteiger charge is 2.43. The minimum Gasteiger partial charge on any atom is -0.342 e. The number of nitrogens with one attached hydrogen (secondary N) is 2. The molecule has 0 saturated heterocycles. The number of rotatable bonds is 4. The van der Waals surface area contributed by atoms with Crippen LogP contribution in [-0.2, 0) is 5.41 Å². The van der Waals surface area contributed by atoms with Crippen LogP contribution in [0.2, 0.25) is 0 Å². The minimum absolute atomic E-state index is 0.390. The van der Waals surface area contributed by atoms with Crippen molar-refractivity contribution in [1.82, 2.24) is 15.3 Å². The van der Waals surface area contributed by atoms with E-state index in [0.29, 0.717) is 11.3 Å². The van der Waals surface area contributed by atoms with E-state index >= 15 is 0 Å². The third-order valence-electron chi connectivity index (χ3n) is 5.22. The molecule has 106 valence electrons. The van der Waals surface area contributed by atoms with Gasteiger partial charge in [0.1, 0.15) is 5.82 Å². The molecule has 1 aromatic carbocycles. The first-order valence-electron chi connectivity index (χ1n) is 7.95. The van der Waals surface area contributed by atoms with Crippen LogP contribution >= 0.6 is 0 Å². The molecule has 0 aliphatic heterocycles. The van der Waals surface area contributed by atoms with E-state index in [2.05, 4.69) is 28.5 Å². The molecule has 0 unspecified atom stereocenters. The number of fused-ring (bicyclic) bond motifs is 1. The second-order valence-corrected chi connectivity index (χ2v) is 6.65. The molecule has 3 nitrogen and oxygen atoms in total. The average molecular weight is 269 g/mol. The topological polar surface area (TPSA) is 40.7 Å². The van der Waals surface area contributed by atoms with Crippen LogP contribution in [-0.4, -0.2) is 23.6 Å². The Morgan fingerprint density at radius 3 is 2.80 bits per heavy atom. The summed E-state index contributed by atoms with van der Waals surface area (Å²) >= 11 is 0. The lowest BCUT2D eigenvalue weighted by atomic mass is 9.95. The van der Waals surface area contributed by atoms with Gasteiger partial charge in [0.15, 0.2) is 0 Å². The molecule has 20 heavy (non-hydrogen) atoms. The normalized spacial score (nSPS) is 21.6. The molecule has 1 aromatic heterocycles. The van der Waals surface area contributed by atoms with Gasteiger partial charge in [0, 0.05) is 17.9 Å². The third kappa shape index (κ3) is 1.96. The van der Waals surface area contributed by atoms with Gasteiger partial charge in [0.25, 0.3) is 0 Å². The van der Waals surface area contributed by atoms with Crippen LogP contribution < -0.4 is 5.32 Å². The molecule has 4 rings (SSSR count). The van der Waals surface area contributed by atoms with Gasteiger partial charge in [-0.05, 0) is 50.4 Å². The Bertz CT molecular complexity index is 618. The van der Waals surface area contributed by atoms with Crippen molar-refractivity contribution in [3.8, 4) is 0 Å². The van der Waals surface area contributed by atoms with E-state index in [9.17, 15) is 0 Å². The molecule has 0 radical (unpaired) electrons. The summed E-state index contributed by atoms with van der Waals surface area (Å²) in [6, 6.07) is 6.83. The second kappa shape index (κ2) is 4.59. The molecular weight excluding hydrogens is 246 g/mol. The maximum absolute atomic E-state index is 4.81. The molecular formula is C17H23N3. The van der Waals surface area contributed by atoms with E-state index in [0.717, 1.165) is 12.1 Å². The monoisotopic (exact) mass is 269 g/mol. The highest BCUT2D eigenvalue weighted by molar-refractivity contribution is 5.76. The number of likely N-dealkylation sites (N-methyl/N-ethyl adjacent to an activating group) is 1. The van der Waals surface area contributed by atoms with E-state index in [1.807, 2.05) is 7.05 Å². The van der Waals surface area contributed by atoms with E-state index < -0.39 is 0 Å². The Morgan fingerprint density at radius 1 is 1.30 bits per heavy atom. The van der Waals surface area contributed by atoms with Gasteiger partial charge in [0.2, 0.25) is 0 Å². The molecule has 2 aromatic rings. The lowest BCUT2D eigenvalue weighted by Gasteiger charge is -2.14. The molecule has 2 aliphatic carbocycles. The zero-order chi connectivity index (χ0) is 13.6. The Balaban J connectivity index is 1.69. The van der Waals surface area contributed by atoms with E-state index in [4.69, 9.17) is 4.98 Å². The number of hydrogen-bond donors (Lipinski definition) is 2. The summed E-state index contributed by atoms with van der Waals surface area (Å²) in [4.78, 5) is 8.40. The van der Waals surface area contributed by atoms with Crippen LogP contribution in [0, 0.1) is 0 Å². The average Bonchev–Trinajstić information content (AvgIpc) is 2.93. The fourth-order valence-corrected chi connectivity index (χ4v) is 3.81. The van der Waals surface area contributed by atoms with Crippen LogP contribution in [0.1, 0.15) is 55.8 Å². The van der Waals surface area contributed by atoms with Crippen LogP contribution in [0.4, 0.5) is 0 Å². The standard InChI is InChI=1S/C17H23N3/c1-18-11-17(8-9-17)13-6-7-14-15(10-13)20-16(19-14)12-4-2-3-5-12/h6-7,10,12,18H,2-5,8-9,11H2,1H3,(H,19,20). The first-order valence-corrected chi connectivity index (χ1v) is 7.95. The van der Waals surface area contributed by atoms with Crippen molar-refractivity contribution in [2.75, 3.05) is 13.6 Å². The summed E-state index contributed by atoms with van der Waals surface area (Å²) in [6.45, 7) is 1.09. The Hall–Kier alpha value is -1.35. The quantitative estimate of drug-likeness (QED) is 0.892. The van der Waals surface area contributed by atoms with Gasteiger partial charge in [-0.2, -0.15) is 0 Å². The number of H-pyrrole nitrogens is 1. The Morgan fingerprint density at radius 2 is 2.10 bits per heavy atom. The maximum Gasteiger partial charge on any atom is 0.110 e. The first-order chi connectivity index (χ1) is 9.81. The van der Waals surface area contributed by atoms with Gasteiger partial charge in [-0.15, -0.1) is 0 Å². The predicted molar refractivity (Wildman–Crippen MR) is 82.1 cm³/mol. The summed E-state index contributed by atoms with van der Waals surface area (Å²) in [6.07, 6.45) is 7.94. The number of aromatic nitrogens is 2. The zero-order valence-electron chi connectivity index (χ0n) is 12.2.